The zero-order valence-corrected chi connectivity index (χ0v) is 29.4. The highest BCUT2D eigenvalue weighted by Crippen LogP contribution is 2.16. The van der Waals surface area contributed by atoms with E-state index < -0.39 is 29.6 Å². The van der Waals surface area contributed by atoms with Crippen molar-refractivity contribution in [3.8, 4) is 0 Å². The highest BCUT2D eigenvalue weighted by Gasteiger charge is 2.36. The van der Waals surface area contributed by atoms with Crippen LogP contribution in [-0.4, -0.2) is 82.3 Å². The number of nitrogens with one attached hydrogen (secondary N) is 5. The van der Waals surface area contributed by atoms with Crippen molar-refractivity contribution in [3.63, 3.8) is 0 Å². The number of benzene rings is 1. The predicted molar refractivity (Wildman–Crippen MR) is 190 cm³/mol. The largest absolute Gasteiger partial charge is 0.370 e. The first-order valence-corrected chi connectivity index (χ1v) is 16.8. The lowest BCUT2D eigenvalue weighted by molar-refractivity contribution is -0.131. The third kappa shape index (κ3) is 12.6. The minimum absolute atomic E-state index is 0.0639. The molecule has 0 spiro atoms. The quantitative estimate of drug-likeness (QED) is 0.0278. The Balaban J connectivity index is 2.36. The van der Waals surface area contributed by atoms with E-state index in [-0.39, 0.29) is 43.0 Å². The number of carbonyl (C=O) groups excluding carboxylic acids is 4. The first-order valence-electron chi connectivity index (χ1n) is 16.4. The van der Waals surface area contributed by atoms with Crippen LogP contribution < -0.4 is 38.5 Å². The molecular formula is C33H54N10O4S. The van der Waals surface area contributed by atoms with Crippen LogP contribution >= 0.6 is 12.2 Å². The molecule has 0 saturated heterocycles. The van der Waals surface area contributed by atoms with E-state index in [2.05, 4.69) is 21.3 Å². The molecule has 2 unspecified atom stereocenters. The molecule has 1 aromatic carbocycles. The van der Waals surface area contributed by atoms with Gasteiger partial charge in [0.1, 0.15) is 11.8 Å². The summed E-state index contributed by atoms with van der Waals surface area (Å²) in [6.07, 6.45) is 5.28. The fourth-order valence-electron chi connectivity index (χ4n) is 5.36. The normalized spacial score (nSPS) is 14.4. The van der Waals surface area contributed by atoms with Gasteiger partial charge >= 0.3 is 0 Å². The molecule has 0 fully saturated rings. The SMILES string of the molecule is CC(C)C(=O)[C@H](Cc1ccccc1)NC(=O)[C@H](CCCCN)NCC(C=O)(Cc1cn(C)c(=S)n1C)NC(=O)C(N)CCCNC(=N)N. The van der Waals surface area contributed by atoms with E-state index in [4.69, 9.17) is 34.8 Å². The van der Waals surface area contributed by atoms with Crippen molar-refractivity contribution in [3.05, 3.63) is 52.6 Å². The minimum Gasteiger partial charge on any atom is -0.370 e. The number of aldehydes is 1. The Bertz CT molecular complexity index is 1430. The summed E-state index contributed by atoms with van der Waals surface area (Å²) >= 11 is 5.47. The van der Waals surface area contributed by atoms with Crippen molar-refractivity contribution < 1.29 is 19.2 Å². The third-order valence-electron chi connectivity index (χ3n) is 8.24. The maximum atomic E-state index is 13.9. The minimum atomic E-state index is -1.50. The van der Waals surface area contributed by atoms with Crippen LogP contribution in [0.3, 0.4) is 0 Å². The number of unbranched alkanes of at least 4 members (excludes halogenated alkanes) is 1. The van der Waals surface area contributed by atoms with Crippen molar-refractivity contribution in [1.29, 1.82) is 5.41 Å². The van der Waals surface area contributed by atoms with E-state index in [1.807, 2.05) is 30.3 Å². The van der Waals surface area contributed by atoms with Crippen molar-refractivity contribution >= 4 is 42.1 Å². The van der Waals surface area contributed by atoms with Crippen molar-refractivity contribution in [1.82, 2.24) is 30.4 Å². The van der Waals surface area contributed by atoms with Crippen LogP contribution in [0.15, 0.2) is 36.5 Å². The van der Waals surface area contributed by atoms with Crippen LogP contribution in [0.4, 0.5) is 0 Å². The molecule has 2 amide bonds. The second-order valence-corrected chi connectivity index (χ2v) is 13.0. The van der Waals surface area contributed by atoms with Gasteiger partial charge < -0.3 is 52.4 Å². The van der Waals surface area contributed by atoms with Gasteiger partial charge in [-0.05, 0) is 56.4 Å². The summed E-state index contributed by atoms with van der Waals surface area (Å²) in [6.45, 7) is 4.30. The van der Waals surface area contributed by atoms with Gasteiger partial charge in [-0.2, -0.15) is 0 Å². The summed E-state index contributed by atoms with van der Waals surface area (Å²) in [4.78, 5) is 53.4. The Morgan fingerprint density at radius 1 is 1.04 bits per heavy atom. The average Bonchev–Trinajstić information content (AvgIpc) is 3.29. The third-order valence-corrected chi connectivity index (χ3v) is 8.80. The van der Waals surface area contributed by atoms with E-state index >= 15 is 0 Å². The molecule has 0 radical (unpaired) electrons. The van der Waals surface area contributed by atoms with Crippen LogP contribution in [0, 0.1) is 16.1 Å². The van der Waals surface area contributed by atoms with Crippen molar-refractivity contribution in [2.24, 2.45) is 37.2 Å². The Hall–Kier alpha value is -3.92. The van der Waals surface area contributed by atoms with Gasteiger partial charge in [-0.15, -0.1) is 0 Å². The van der Waals surface area contributed by atoms with Crippen LogP contribution in [0.25, 0.3) is 0 Å². The number of rotatable bonds is 22. The summed E-state index contributed by atoms with van der Waals surface area (Å²) in [6, 6.07) is 6.99. The van der Waals surface area contributed by atoms with E-state index in [0.717, 1.165) is 5.56 Å². The second-order valence-electron chi connectivity index (χ2n) is 12.6. The first kappa shape index (κ1) is 40.3. The summed E-state index contributed by atoms with van der Waals surface area (Å²) in [5, 5.41) is 19.0. The molecular weight excluding hydrogens is 632 g/mol. The Morgan fingerprint density at radius 2 is 1.73 bits per heavy atom. The van der Waals surface area contributed by atoms with Crippen LogP contribution in [0.2, 0.25) is 0 Å². The Morgan fingerprint density at radius 3 is 2.29 bits per heavy atom. The van der Waals surface area contributed by atoms with Gasteiger partial charge in [0.25, 0.3) is 0 Å². The van der Waals surface area contributed by atoms with Gasteiger partial charge in [-0.3, -0.25) is 19.8 Å². The van der Waals surface area contributed by atoms with E-state index in [1.165, 1.54) is 0 Å². The molecule has 14 nitrogen and oxygen atoms in total. The fraction of sp³-hybridized carbons (Fsp3) is 0.576. The Labute approximate surface area is 288 Å². The molecule has 1 aromatic heterocycles. The maximum absolute atomic E-state index is 13.9. The molecule has 1 heterocycles. The topological polar surface area (TPSA) is 228 Å². The molecule has 11 N–H and O–H groups in total. The molecule has 0 bridgehead atoms. The summed E-state index contributed by atoms with van der Waals surface area (Å²) in [5.74, 6) is -1.50. The number of carbonyl (C=O) groups is 4. The number of amides is 2. The fourth-order valence-corrected chi connectivity index (χ4v) is 5.53. The van der Waals surface area contributed by atoms with Gasteiger partial charge in [-0.1, -0.05) is 50.6 Å². The molecule has 266 valence electrons. The Kier molecular flexibility index (Phi) is 16.6. The number of hydrogen-bond acceptors (Lipinski definition) is 9. The van der Waals surface area contributed by atoms with Crippen molar-refractivity contribution in [2.45, 2.75) is 82.5 Å². The molecule has 0 aliphatic heterocycles. The molecule has 4 atom stereocenters. The standard InChI is InChI=1S/C33H54N10O4S/c1-22(2)28(45)27(17-23-11-6-5-7-12-23)40-30(47)26(14-8-9-15-34)39-20-33(21-44,18-24-19-42(3)32(48)43(24)4)41-29(46)25(35)13-10-16-38-31(36)37/h5-7,11-12,19,21-22,25-27,39H,8-10,13-18,20,34-35H2,1-4H3,(H,40,47)(H,41,46)(H4,36,37,38)/t25?,26-,27-,33?/m0/s1. The van der Waals surface area contributed by atoms with Gasteiger partial charge in [0.2, 0.25) is 11.8 Å². The lowest BCUT2D eigenvalue weighted by Crippen LogP contribution is -2.63. The molecule has 2 aromatic rings. The molecule has 0 aliphatic carbocycles. The molecule has 2 rings (SSSR count). The number of nitrogens with two attached hydrogens (primary N) is 3. The summed E-state index contributed by atoms with van der Waals surface area (Å²) in [7, 11) is 3.57. The van der Waals surface area contributed by atoms with Crippen LogP contribution in [-0.2, 0) is 46.1 Å². The zero-order chi connectivity index (χ0) is 35.9. The summed E-state index contributed by atoms with van der Waals surface area (Å²) in [5.41, 5.74) is 17.4. The summed E-state index contributed by atoms with van der Waals surface area (Å²) < 4.78 is 4.02. The van der Waals surface area contributed by atoms with Gasteiger partial charge in [0.05, 0.1) is 18.1 Å². The highest BCUT2D eigenvalue weighted by atomic mass is 32.1. The number of nitrogens with zero attached hydrogens (tertiary/aromatic N) is 2. The number of aromatic nitrogens is 2. The predicted octanol–water partition coefficient (Wildman–Crippen LogP) is 0.320. The zero-order valence-electron chi connectivity index (χ0n) is 28.6. The van der Waals surface area contributed by atoms with Gasteiger partial charge in [0, 0.05) is 51.4 Å². The lowest BCUT2D eigenvalue weighted by Gasteiger charge is -2.33. The molecule has 15 heteroatoms. The van der Waals surface area contributed by atoms with E-state index in [9.17, 15) is 19.2 Å². The lowest BCUT2D eigenvalue weighted by atomic mass is 9.92. The maximum Gasteiger partial charge on any atom is 0.237 e. The monoisotopic (exact) mass is 686 g/mol. The number of guanidine groups is 1. The van der Waals surface area contributed by atoms with E-state index in [0.29, 0.717) is 61.9 Å². The molecule has 48 heavy (non-hydrogen) atoms. The number of aryl methyl sites for hydroxylation is 1. The van der Waals surface area contributed by atoms with Crippen LogP contribution in [0.1, 0.15) is 57.2 Å². The van der Waals surface area contributed by atoms with Gasteiger partial charge in [-0.25, -0.2) is 0 Å². The molecule has 0 saturated carbocycles. The van der Waals surface area contributed by atoms with Crippen LogP contribution in [0.5, 0.6) is 0 Å². The molecule has 0 aliphatic rings. The van der Waals surface area contributed by atoms with Crippen molar-refractivity contribution in [2.75, 3.05) is 19.6 Å². The highest BCUT2D eigenvalue weighted by molar-refractivity contribution is 7.71. The smallest absolute Gasteiger partial charge is 0.237 e. The second kappa shape index (κ2) is 19.8. The van der Waals surface area contributed by atoms with Gasteiger partial charge in [0.15, 0.2) is 16.5 Å². The first-order chi connectivity index (χ1) is 22.7. The number of Topliss-reactive ketones (excluding diaryl/α,β-unsaturated/α-hetero) is 1. The van der Waals surface area contributed by atoms with E-state index in [1.54, 1.807) is 43.3 Å². The number of hydrogen-bond donors (Lipinski definition) is 8. The number of imidazole rings is 1. The average molecular weight is 687 g/mol. The number of ketones is 1.